The van der Waals surface area contributed by atoms with Crippen LogP contribution in [0.1, 0.15) is 6.42 Å². The van der Waals surface area contributed by atoms with Gasteiger partial charge in [-0.25, -0.2) is 0 Å². The Kier molecular flexibility index (Phi) is 4.21. The predicted molar refractivity (Wildman–Crippen MR) is 80.1 cm³/mol. The first-order chi connectivity index (χ1) is 10.9. The minimum absolute atomic E-state index is 0.0167. The average Bonchev–Trinajstić information content (AvgIpc) is 2.99. The molecule has 2 aliphatic rings. The molecule has 126 valence electrons. The SMILES string of the molecule is CN1CN(C2CC(O[P+](=O)O)C(CO)O2)c2nc(N)[nH]c(=O)c21. The summed E-state index contributed by atoms with van der Waals surface area (Å²) in [4.78, 5) is 30.9. The van der Waals surface area contributed by atoms with Crippen molar-refractivity contribution in [2.45, 2.75) is 24.9 Å². The van der Waals surface area contributed by atoms with E-state index in [1.54, 1.807) is 16.8 Å². The van der Waals surface area contributed by atoms with Gasteiger partial charge in [-0.1, -0.05) is 0 Å². The molecular formula is C11H17N5O6P+. The molecule has 12 heteroatoms. The van der Waals surface area contributed by atoms with Crippen molar-refractivity contribution in [2.75, 3.05) is 35.9 Å². The van der Waals surface area contributed by atoms with Crippen molar-refractivity contribution in [3.63, 3.8) is 0 Å². The third-order valence-corrected chi connectivity index (χ3v) is 4.30. The largest absolute Gasteiger partial charge is 0.695 e. The lowest BCUT2D eigenvalue weighted by molar-refractivity contribution is -0.0167. The number of nitrogens with zero attached hydrogens (tertiary/aromatic N) is 3. The summed E-state index contributed by atoms with van der Waals surface area (Å²) in [5, 5.41) is 9.34. The second-order valence-corrected chi connectivity index (χ2v) is 6.05. The van der Waals surface area contributed by atoms with Crippen molar-refractivity contribution in [1.82, 2.24) is 9.97 Å². The quantitative estimate of drug-likeness (QED) is 0.484. The molecule has 1 aromatic heterocycles. The number of aliphatic hydroxyl groups is 1. The van der Waals surface area contributed by atoms with Crippen molar-refractivity contribution < 1.29 is 23.8 Å². The molecule has 2 aliphatic heterocycles. The number of hydrogen-bond donors (Lipinski definition) is 4. The Morgan fingerprint density at radius 1 is 1.61 bits per heavy atom. The summed E-state index contributed by atoms with van der Waals surface area (Å²) in [6, 6.07) is 0. The van der Waals surface area contributed by atoms with Gasteiger partial charge in [0.25, 0.3) is 5.56 Å². The Hall–Kier alpha value is -1.78. The highest BCUT2D eigenvalue weighted by Crippen LogP contribution is 2.38. The van der Waals surface area contributed by atoms with E-state index in [-0.39, 0.29) is 24.5 Å². The molecule has 0 aliphatic carbocycles. The zero-order chi connectivity index (χ0) is 16.7. The Morgan fingerprint density at radius 2 is 2.35 bits per heavy atom. The van der Waals surface area contributed by atoms with Crippen LogP contribution in [-0.4, -0.2) is 58.7 Å². The normalized spacial score (nSPS) is 27.4. The molecule has 5 N–H and O–H groups in total. The lowest BCUT2D eigenvalue weighted by Gasteiger charge is -2.25. The molecule has 3 heterocycles. The number of nitrogen functional groups attached to an aromatic ring is 1. The van der Waals surface area contributed by atoms with Crippen molar-refractivity contribution in [1.29, 1.82) is 0 Å². The molecule has 3 rings (SSSR count). The summed E-state index contributed by atoms with van der Waals surface area (Å²) in [6.45, 7) is -0.0263. The van der Waals surface area contributed by atoms with E-state index in [0.717, 1.165) is 0 Å². The minimum Gasteiger partial charge on any atom is -0.394 e. The fourth-order valence-corrected chi connectivity index (χ4v) is 3.35. The second-order valence-electron chi connectivity index (χ2n) is 5.36. The summed E-state index contributed by atoms with van der Waals surface area (Å²) < 4.78 is 21.5. The van der Waals surface area contributed by atoms with E-state index in [9.17, 15) is 14.5 Å². The molecule has 0 aromatic carbocycles. The molecular weight excluding hydrogens is 329 g/mol. The maximum atomic E-state index is 12.0. The number of H-pyrrole nitrogens is 1. The molecule has 0 saturated carbocycles. The number of ether oxygens (including phenoxy) is 1. The number of fused-ring (bicyclic) bond motifs is 1. The highest BCUT2D eigenvalue weighted by atomic mass is 31.1. The molecule has 4 atom stereocenters. The van der Waals surface area contributed by atoms with Gasteiger partial charge in [0, 0.05) is 18.0 Å². The maximum absolute atomic E-state index is 12.0. The van der Waals surface area contributed by atoms with E-state index in [0.29, 0.717) is 18.2 Å². The predicted octanol–water partition coefficient (Wildman–Crippen LogP) is -1.29. The fourth-order valence-electron chi connectivity index (χ4n) is 2.89. The molecule has 23 heavy (non-hydrogen) atoms. The van der Waals surface area contributed by atoms with Crippen LogP contribution in [0.25, 0.3) is 0 Å². The van der Waals surface area contributed by atoms with Crippen molar-refractivity contribution in [3.8, 4) is 0 Å². The van der Waals surface area contributed by atoms with E-state index >= 15 is 0 Å². The summed E-state index contributed by atoms with van der Waals surface area (Å²) in [7, 11) is -1.08. The maximum Gasteiger partial charge on any atom is 0.695 e. The van der Waals surface area contributed by atoms with Crippen LogP contribution >= 0.6 is 8.25 Å². The van der Waals surface area contributed by atoms with Crippen LogP contribution in [-0.2, 0) is 13.8 Å². The van der Waals surface area contributed by atoms with Gasteiger partial charge in [0.2, 0.25) is 5.95 Å². The number of rotatable bonds is 4. The third kappa shape index (κ3) is 2.89. The zero-order valence-corrected chi connectivity index (χ0v) is 13.1. The van der Waals surface area contributed by atoms with Gasteiger partial charge in [-0.3, -0.25) is 9.78 Å². The van der Waals surface area contributed by atoms with Crippen LogP contribution in [0, 0.1) is 0 Å². The molecule has 1 fully saturated rings. The summed E-state index contributed by atoms with van der Waals surface area (Å²) in [6.07, 6.45) is -1.79. The number of nitrogens with two attached hydrogens (primary N) is 1. The Labute approximate surface area is 131 Å². The first kappa shape index (κ1) is 16.1. The van der Waals surface area contributed by atoms with Gasteiger partial charge in [0.1, 0.15) is 24.1 Å². The highest BCUT2D eigenvalue weighted by Gasteiger charge is 2.46. The first-order valence-electron chi connectivity index (χ1n) is 6.87. The lowest BCUT2D eigenvalue weighted by Crippen LogP contribution is -2.38. The van der Waals surface area contributed by atoms with Gasteiger partial charge >= 0.3 is 8.25 Å². The minimum atomic E-state index is -2.81. The van der Waals surface area contributed by atoms with Gasteiger partial charge in [-0.15, -0.1) is 9.42 Å². The molecule has 0 amide bonds. The Bertz CT molecular complexity index is 683. The molecule has 1 saturated heterocycles. The molecule has 4 unspecified atom stereocenters. The van der Waals surface area contributed by atoms with Gasteiger partial charge in [-0.2, -0.15) is 4.98 Å². The monoisotopic (exact) mass is 346 g/mol. The number of aromatic nitrogens is 2. The summed E-state index contributed by atoms with van der Waals surface area (Å²) in [5.41, 5.74) is 5.60. The second kappa shape index (κ2) is 6.02. The molecule has 0 radical (unpaired) electrons. The van der Waals surface area contributed by atoms with Crippen LogP contribution in [0.4, 0.5) is 17.5 Å². The Morgan fingerprint density at radius 3 is 3.00 bits per heavy atom. The van der Waals surface area contributed by atoms with Gasteiger partial charge < -0.3 is 25.4 Å². The van der Waals surface area contributed by atoms with Gasteiger partial charge in [0.05, 0.1) is 13.3 Å². The molecule has 0 spiro atoms. The van der Waals surface area contributed by atoms with E-state index in [1.165, 1.54) is 0 Å². The smallest absolute Gasteiger partial charge is 0.394 e. The number of aromatic amines is 1. The number of anilines is 3. The van der Waals surface area contributed by atoms with Gasteiger partial charge in [0.15, 0.2) is 5.82 Å². The van der Waals surface area contributed by atoms with Crippen LogP contribution < -0.4 is 21.1 Å². The lowest BCUT2D eigenvalue weighted by atomic mass is 10.2. The average molecular weight is 346 g/mol. The Balaban J connectivity index is 1.87. The van der Waals surface area contributed by atoms with Crippen LogP contribution in [0.3, 0.4) is 0 Å². The highest BCUT2D eigenvalue weighted by molar-refractivity contribution is 7.32. The first-order valence-corrected chi connectivity index (χ1v) is 8.00. The van der Waals surface area contributed by atoms with Gasteiger partial charge in [-0.05, 0) is 0 Å². The zero-order valence-electron chi connectivity index (χ0n) is 12.2. The number of nitrogens with one attached hydrogen (secondary N) is 1. The summed E-state index contributed by atoms with van der Waals surface area (Å²) in [5.74, 6) is 0.349. The standard InChI is InChI=1S/C11H16N5O6P/c1-15-4-16(9-8(15)10(18)14-11(12)13-9)7-2-5(22-23(19)20)6(3-17)21-7/h5-7,17H,2-4H2,1H3,(H3-,12,13,14,18,19,20)/p+1. The van der Waals surface area contributed by atoms with E-state index in [4.69, 9.17) is 19.9 Å². The van der Waals surface area contributed by atoms with Crippen molar-refractivity contribution in [2.24, 2.45) is 0 Å². The van der Waals surface area contributed by atoms with Crippen molar-refractivity contribution >= 4 is 25.7 Å². The van der Waals surface area contributed by atoms with E-state index in [2.05, 4.69) is 9.97 Å². The molecule has 1 aromatic rings. The number of hydrogen-bond acceptors (Lipinski definition) is 9. The third-order valence-electron chi connectivity index (χ3n) is 3.85. The number of aliphatic hydroxyl groups excluding tert-OH is 1. The van der Waals surface area contributed by atoms with Crippen LogP contribution in [0.5, 0.6) is 0 Å². The van der Waals surface area contributed by atoms with Crippen molar-refractivity contribution in [3.05, 3.63) is 10.4 Å². The van der Waals surface area contributed by atoms with Crippen LogP contribution in [0.15, 0.2) is 4.79 Å². The van der Waals surface area contributed by atoms with E-state index in [1.807, 2.05) is 0 Å². The molecule has 11 nitrogen and oxygen atoms in total. The molecule has 0 bridgehead atoms. The fraction of sp³-hybridized carbons (Fsp3) is 0.636. The topological polar surface area (TPSA) is 154 Å². The van der Waals surface area contributed by atoms with Crippen LogP contribution in [0.2, 0.25) is 0 Å². The van der Waals surface area contributed by atoms with E-state index < -0.39 is 26.7 Å². The summed E-state index contributed by atoms with van der Waals surface area (Å²) >= 11 is 0.